The summed E-state index contributed by atoms with van der Waals surface area (Å²) in [4.78, 5) is 18.3. The van der Waals surface area contributed by atoms with Crippen molar-refractivity contribution in [1.29, 1.82) is 0 Å². The maximum atomic E-state index is 13.0. The zero-order valence-corrected chi connectivity index (χ0v) is 16.3. The fraction of sp³-hybridized carbons (Fsp3) is 0.667. The van der Waals surface area contributed by atoms with E-state index >= 15 is 0 Å². The van der Waals surface area contributed by atoms with Crippen molar-refractivity contribution in [2.45, 2.75) is 18.1 Å². The lowest BCUT2D eigenvalue weighted by Crippen LogP contribution is -2.44. The Labute approximate surface area is 164 Å². The summed E-state index contributed by atoms with van der Waals surface area (Å²) in [5, 5.41) is 19.6. The highest BCUT2D eigenvalue weighted by Gasteiger charge is 2.56. The molecule has 4 heterocycles. The standard InChI is InChI=1S/C18H25N3O6S/c22-12-18-10-20(17(24)16-15(23)2-1-5-19-16)8-13(18)9-21(11-18)28(25,26)14-3-6-27-7-4-14/h1-2,5,13-14,22-23H,3-4,6-12H2. The second-order valence-corrected chi connectivity index (χ2v) is 10.1. The molecule has 0 aromatic carbocycles. The van der Waals surface area contributed by atoms with Crippen LogP contribution < -0.4 is 0 Å². The Morgan fingerprint density at radius 3 is 2.68 bits per heavy atom. The number of aromatic hydroxyl groups is 1. The van der Waals surface area contributed by atoms with Gasteiger partial charge in [0.1, 0.15) is 5.75 Å². The van der Waals surface area contributed by atoms with Gasteiger partial charge in [-0.15, -0.1) is 0 Å². The number of carbonyl (C=O) groups excluding carboxylic acids is 1. The van der Waals surface area contributed by atoms with E-state index in [2.05, 4.69) is 4.98 Å². The predicted molar refractivity (Wildman–Crippen MR) is 99.1 cm³/mol. The van der Waals surface area contributed by atoms with E-state index in [0.717, 1.165) is 0 Å². The Kier molecular flexibility index (Phi) is 5.07. The summed E-state index contributed by atoms with van der Waals surface area (Å²) < 4.78 is 32.8. The first-order valence-electron chi connectivity index (χ1n) is 9.48. The maximum absolute atomic E-state index is 13.0. The molecule has 3 aliphatic heterocycles. The molecular weight excluding hydrogens is 386 g/mol. The van der Waals surface area contributed by atoms with Gasteiger partial charge < -0.3 is 19.8 Å². The van der Waals surface area contributed by atoms with Crippen molar-refractivity contribution < 1.29 is 28.2 Å². The van der Waals surface area contributed by atoms with Gasteiger partial charge in [-0.05, 0) is 25.0 Å². The molecular formula is C18H25N3O6S. The normalized spacial score (nSPS) is 29.2. The monoisotopic (exact) mass is 411 g/mol. The Balaban J connectivity index is 1.50. The van der Waals surface area contributed by atoms with Gasteiger partial charge in [0.25, 0.3) is 5.91 Å². The number of carbonyl (C=O) groups is 1. The first-order chi connectivity index (χ1) is 13.4. The van der Waals surface area contributed by atoms with E-state index in [1.54, 1.807) is 11.0 Å². The summed E-state index contributed by atoms with van der Waals surface area (Å²) in [6.07, 6.45) is 2.41. The van der Waals surface area contributed by atoms with Crippen LogP contribution in [0.3, 0.4) is 0 Å². The van der Waals surface area contributed by atoms with Crippen molar-refractivity contribution >= 4 is 15.9 Å². The number of pyridine rings is 1. The van der Waals surface area contributed by atoms with E-state index in [0.29, 0.717) is 32.6 Å². The molecule has 0 bridgehead atoms. The van der Waals surface area contributed by atoms with E-state index in [4.69, 9.17) is 4.74 Å². The minimum Gasteiger partial charge on any atom is -0.505 e. The SMILES string of the molecule is O=C(c1ncccc1O)N1CC2CN(S(=O)(=O)C3CCOCC3)CC2(CO)C1. The van der Waals surface area contributed by atoms with Gasteiger partial charge in [0, 0.05) is 56.9 Å². The fourth-order valence-electron chi connectivity index (χ4n) is 4.60. The second-order valence-electron chi connectivity index (χ2n) is 7.92. The van der Waals surface area contributed by atoms with Gasteiger partial charge in [0.05, 0.1) is 11.9 Å². The third kappa shape index (κ3) is 3.18. The second kappa shape index (κ2) is 7.25. The Morgan fingerprint density at radius 1 is 1.29 bits per heavy atom. The van der Waals surface area contributed by atoms with Crippen molar-refractivity contribution in [2.24, 2.45) is 11.3 Å². The number of rotatable bonds is 4. The lowest BCUT2D eigenvalue weighted by molar-refractivity contribution is 0.0726. The van der Waals surface area contributed by atoms with E-state index in [1.807, 2.05) is 0 Å². The van der Waals surface area contributed by atoms with Crippen molar-refractivity contribution in [1.82, 2.24) is 14.2 Å². The lowest BCUT2D eigenvalue weighted by Gasteiger charge is -2.30. The smallest absolute Gasteiger partial charge is 0.276 e. The molecule has 4 rings (SSSR count). The summed E-state index contributed by atoms with van der Waals surface area (Å²) in [6.45, 7) is 1.75. The van der Waals surface area contributed by atoms with Crippen LogP contribution in [0.15, 0.2) is 18.3 Å². The third-order valence-corrected chi connectivity index (χ3v) is 8.58. The van der Waals surface area contributed by atoms with Crippen LogP contribution in [-0.4, -0.2) is 90.0 Å². The minimum absolute atomic E-state index is 0.0257. The molecule has 0 aliphatic carbocycles. The molecule has 1 aromatic heterocycles. The Morgan fingerprint density at radius 2 is 2.04 bits per heavy atom. The first kappa shape index (κ1) is 19.6. The average molecular weight is 411 g/mol. The van der Waals surface area contributed by atoms with E-state index in [9.17, 15) is 23.4 Å². The van der Waals surface area contributed by atoms with Crippen LogP contribution in [0.2, 0.25) is 0 Å². The number of hydrogen-bond donors (Lipinski definition) is 2. The molecule has 1 aromatic rings. The molecule has 1 amide bonds. The van der Waals surface area contributed by atoms with Crippen LogP contribution in [0.5, 0.6) is 5.75 Å². The molecule has 3 saturated heterocycles. The van der Waals surface area contributed by atoms with Gasteiger partial charge in [-0.25, -0.2) is 17.7 Å². The molecule has 2 unspecified atom stereocenters. The highest BCUT2D eigenvalue weighted by Crippen LogP contribution is 2.44. The molecule has 0 spiro atoms. The number of amides is 1. The zero-order valence-electron chi connectivity index (χ0n) is 15.5. The van der Waals surface area contributed by atoms with Crippen molar-refractivity contribution in [3.8, 4) is 5.75 Å². The highest BCUT2D eigenvalue weighted by atomic mass is 32.2. The quantitative estimate of drug-likeness (QED) is 0.696. The van der Waals surface area contributed by atoms with Crippen LogP contribution in [0.1, 0.15) is 23.3 Å². The van der Waals surface area contributed by atoms with Crippen LogP contribution in [0.4, 0.5) is 0 Å². The van der Waals surface area contributed by atoms with Gasteiger partial charge in [-0.2, -0.15) is 0 Å². The molecule has 3 fully saturated rings. The molecule has 2 atom stereocenters. The highest BCUT2D eigenvalue weighted by molar-refractivity contribution is 7.89. The number of hydrogen-bond acceptors (Lipinski definition) is 7. The molecule has 3 aliphatic rings. The summed E-state index contributed by atoms with van der Waals surface area (Å²) in [7, 11) is -3.46. The van der Waals surface area contributed by atoms with Crippen LogP contribution in [-0.2, 0) is 14.8 Å². The number of aromatic nitrogens is 1. The first-order valence-corrected chi connectivity index (χ1v) is 11.0. The summed E-state index contributed by atoms with van der Waals surface area (Å²) in [6, 6.07) is 2.94. The largest absolute Gasteiger partial charge is 0.505 e. The van der Waals surface area contributed by atoms with E-state index in [-0.39, 0.29) is 43.6 Å². The Bertz CT molecular complexity index is 857. The van der Waals surface area contributed by atoms with Crippen molar-refractivity contribution in [3.63, 3.8) is 0 Å². The predicted octanol–water partition coefficient (Wildman–Crippen LogP) is -0.338. The van der Waals surface area contributed by atoms with Crippen LogP contribution in [0.25, 0.3) is 0 Å². The van der Waals surface area contributed by atoms with E-state index in [1.165, 1.54) is 16.6 Å². The fourth-order valence-corrected chi connectivity index (χ4v) is 6.63. The average Bonchev–Trinajstić information content (AvgIpc) is 3.24. The lowest BCUT2D eigenvalue weighted by atomic mass is 9.82. The van der Waals surface area contributed by atoms with Gasteiger partial charge in [0.2, 0.25) is 10.0 Å². The number of aliphatic hydroxyl groups excluding tert-OH is 1. The van der Waals surface area contributed by atoms with Gasteiger partial charge in [0.15, 0.2) is 5.69 Å². The van der Waals surface area contributed by atoms with Crippen LogP contribution >= 0.6 is 0 Å². The number of nitrogens with zero attached hydrogens (tertiary/aromatic N) is 3. The number of fused-ring (bicyclic) bond motifs is 1. The molecule has 154 valence electrons. The molecule has 10 heteroatoms. The van der Waals surface area contributed by atoms with Crippen molar-refractivity contribution in [2.75, 3.05) is 46.0 Å². The third-order valence-electron chi connectivity index (χ3n) is 6.27. The van der Waals surface area contributed by atoms with Gasteiger partial charge in [-0.3, -0.25) is 4.79 Å². The summed E-state index contributed by atoms with van der Waals surface area (Å²) in [5.41, 5.74) is -0.708. The number of likely N-dealkylation sites (tertiary alicyclic amines) is 1. The Hall–Kier alpha value is -1.75. The molecule has 0 saturated carbocycles. The van der Waals surface area contributed by atoms with Gasteiger partial charge in [-0.1, -0.05) is 0 Å². The molecule has 28 heavy (non-hydrogen) atoms. The maximum Gasteiger partial charge on any atom is 0.276 e. The molecule has 0 radical (unpaired) electrons. The molecule has 2 N–H and O–H groups in total. The van der Waals surface area contributed by atoms with Crippen LogP contribution in [0, 0.1) is 11.3 Å². The minimum atomic E-state index is -3.46. The summed E-state index contributed by atoms with van der Waals surface area (Å²) in [5.74, 6) is -0.743. The van der Waals surface area contributed by atoms with Gasteiger partial charge >= 0.3 is 0 Å². The van der Waals surface area contributed by atoms with E-state index < -0.39 is 26.6 Å². The zero-order chi connectivity index (χ0) is 19.9. The number of sulfonamides is 1. The summed E-state index contributed by atoms with van der Waals surface area (Å²) >= 11 is 0. The topological polar surface area (TPSA) is 120 Å². The number of ether oxygens (including phenoxy) is 1. The van der Waals surface area contributed by atoms with Crippen molar-refractivity contribution in [3.05, 3.63) is 24.0 Å². The molecule has 9 nitrogen and oxygen atoms in total. The number of aliphatic hydroxyl groups is 1.